The number of halogens is 3. The lowest BCUT2D eigenvalue weighted by Gasteiger charge is -2.20. The van der Waals surface area contributed by atoms with E-state index >= 15 is 0 Å². The van der Waals surface area contributed by atoms with Gasteiger partial charge in [0, 0.05) is 6.20 Å². The number of sulfonamides is 1. The fourth-order valence-electron chi connectivity index (χ4n) is 1.76. The number of nitrogens with two attached hydrogens (primary N) is 1. The third-order valence-corrected chi connectivity index (χ3v) is 3.77. The smallest absolute Gasteiger partial charge is 0.259 e. The van der Waals surface area contributed by atoms with Crippen LogP contribution in [-0.4, -0.2) is 19.6 Å². The number of rotatable bonds is 2. The minimum absolute atomic E-state index is 0.157. The van der Waals surface area contributed by atoms with Gasteiger partial charge in [-0.3, -0.25) is 4.98 Å². The molecule has 4 nitrogen and oxygen atoms in total. The lowest BCUT2D eigenvalue weighted by atomic mass is 10.0. The van der Waals surface area contributed by atoms with E-state index in [1.54, 1.807) is 0 Å². The lowest BCUT2D eigenvalue weighted by molar-refractivity contribution is -0.162. The summed E-state index contributed by atoms with van der Waals surface area (Å²) in [5.41, 5.74) is -2.63. The standard InChI is InChI=1S/C9H9F3N2O2S/c10-9(11,12)8(3-4-8)7-6(17(13,15)16)2-1-5-14-7/h1-2,5H,3-4H2,(H2,13,15,16). The first-order chi connectivity index (χ1) is 7.68. The molecule has 1 aliphatic rings. The molecule has 1 aromatic heterocycles. The van der Waals surface area contributed by atoms with Crippen LogP contribution in [0.1, 0.15) is 18.5 Å². The van der Waals surface area contributed by atoms with Gasteiger partial charge in [0.25, 0.3) is 0 Å². The summed E-state index contributed by atoms with van der Waals surface area (Å²) in [4.78, 5) is 3.02. The van der Waals surface area contributed by atoms with Crippen molar-refractivity contribution in [3.05, 3.63) is 24.0 Å². The van der Waals surface area contributed by atoms with E-state index in [9.17, 15) is 21.6 Å². The van der Waals surface area contributed by atoms with E-state index in [1.807, 2.05) is 0 Å². The van der Waals surface area contributed by atoms with Gasteiger partial charge in [-0.15, -0.1) is 0 Å². The maximum Gasteiger partial charge on any atom is 0.399 e. The monoisotopic (exact) mass is 266 g/mol. The molecule has 0 amide bonds. The largest absolute Gasteiger partial charge is 0.399 e. The third kappa shape index (κ3) is 1.91. The molecular formula is C9H9F3N2O2S. The summed E-state index contributed by atoms with van der Waals surface area (Å²) >= 11 is 0. The molecule has 1 saturated carbocycles. The summed E-state index contributed by atoms with van der Waals surface area (Å²) in [6.07, 6.45) is -3.69. The summed E-state index contributed by atoms with van der Waals surface area (Å²) < 4.78 is 61.1. The molecule has 1 fully saturated rings. The Morgan fingerprint density at radius 2 is 1.94 bits per heavy atom. The number of nitrogens with zero attached hydrogens (tertiary/aromatic N) is 1. The van der Waals surface area contributed by atoms with Crippen molar-refractivity contribution in [2.75, 3.05) is 0 Å². The highest BCUT2D eigenvalue weighted by Crippen LogP contribution is 2.59. The molecular weight excluding hydrogens is 257 g/mol. The van der Waals surface area contributed by atoms with Gasteiger partial charge in [-0.25, -0.2) is 13.6 Å². The van der Waals surface area contributed by atoms with Crippen LogP contribution in [0.4, 0.5) is 13.2 Å². The van der Waals surface area contributed by atoms with Crippen molar-refractivity contribution in [3.8, 4) is 0 Å². The van der Waals surface area contributed by atoms with Crippen molar-refractivity contribution in [1.82, 2.24) is 4.98 Å². The normalized spacial score (nSPS) is 19.1. The highest BCUT2D eigenvalue weighted by atomic mass is 32.2. The van der Waals surface area contributed by atoms with Crippen molar-refractivity contribution in [2.24, 2.45) is 5.14 Å². The van der Waals surface area contributed by atoms with Crippen LogP contribution in [0.15, 0.2) is 23.2 Å². The average molecular weight is 266 g/mol. The maximum atomic E-state index is 12.9. The van der Waals surface area contributed by atoms with E-state index in [4.69, 9.17) is 5.14 Å². The molecule has 0 bridgehead atoms. The van der Waals surface area contributed by atoms with E-state index < -0.39 is 32.2 Å². The molecule has 8 heteroatoms. The number of primary sulfonamides is 1. The highest BCUT2D eigenvalue weighted by Gasteiger charge is 2.66. The molecule has 2 N–H and O–H groups in total. The second kappa shape index (κ2) is 3.42. The lowest BCUT2D eigenvalue weighted by Crippen LogP contribution is -2.32. The number of hydrogen-bond donors (Lipinski definition) is 1. The maximum absolute atomic E-state index is 12.9. The Kier molecular flexibility index (Phi) is 2.48. The van der Waals surface area contributed by atoms with Crippen LogP contribution in [0.2, 0.25) is 0 Å². The van der Waals surface area contributed by atoms with Crippen LogP contribution >= 0.6 is 0 Å². The Balaban J connectivity index is 2.63. The Hall–Kier alpha value is -1.15. The Labute approximate surface area is 95.7 Å². The summed E-state index contributed by atoms with van der Waals surface area (Å²) in [5, 5.41) is 4.89. The quantitative estimate of drug-likeness (QED) is 0.877. The van der Waals surface area contributed by atoms with E-state index in [0.717, 1.165) is 12.3 Å². The molecule has 94 valence electrons. The van der Waals surface area contributed by atoms with Crippen LogP contribution in [0, 0.1) is 0 Å². The molecule has 17 heavy (non-hydrogen) atoms. The van der Waals surface area contributed by atoms with Crippen LogP contribution in [0.25, 0.3) is 0 Å². The third-order valence-electron chi connectivity index (χ3n) is 2.82. The molecule has 0 aromatic carbocycles. The topological polar surface area (TPSA) is 73.1 Å². The predicted molar refractivity (Wildman–Crippen MR) is 52.6 cm³/mol. The second-order valence-corrected chi connectivity index (χ2v) is 5.50. The number of alkyl halides is 3. The van der Waals surface area contributed by atoms with Crippen molar-refractivity contribution < 1.29 is 21.6 Å². The van der Waals surface area contributed by atoms with Crippen LogP contribution in [0.5, 0.6) is 0 Å². The van der Waals surface area contributed by atoms with Crippen molar-refractivity contribution in [3.63, 3.8) is 0 Å². The summed E-state index contributed by atoms with van der Waals surface area (Å²) in [6.45, 7) is 0. The predicted octanol–water partition coefficient (Wildman–Crippen LogP) is 1.32. The second-order valence-electron chi connectivity index (χ2n) is 3.98. The summed E-state index contributed by atoms with van der Waals surface area (Å²) in [5.74, 6) is 0. The average Bonchev–Trinajstić information content (AvgIpc) is 2.95. The molecule has 0 aliphatic heterocycles. The first kappa shape index (κ1) is 12.3. The minimum atomic E-state index is -4.51. The van der Waals surface area contributed by atoms with E-state index in [2.05, 4.69) is 4.98 Å². The fraction of sp³-hybridized carbons (Fsp3) is 0.444. The molecule has 0 radical (unpaired) electrons. The number of hydrogen-bond acceptors (Lipinski definition) is 3. The molecule has 1 aliphatic carbocycles. The van der Waals surface area contributed by atoms with E-state index in [-0.39, 0.29) is 12.8 Å². The van der Waals surface area contributed by atoms with Gasteiger partial charge in [0.2, 0.25) is 10.0 Å². The highest BCUT2D eigenvalue weighted by molar-refractivity contribution is 7.89. The SMILES string of the molecule is NS(=O)(=O)c1cccnc1C1(C(F)(F)F)CC1. The van der Waals surface area contributed by atoms with Gasteiger partial charge in [-0.05, 0) is 25.0 Å². The van der Waals surface area contributed by atoms with E-state index in [0.29, 0.717) is 0 Å². The molecule has 2 rings (SSSR count). The van der Waals surface area contributed by atoms with Gasteiger partial charge in [0.15, 0.2) is 0 Å². The zero-order chi connectivity index (χ0) is 12.9. The van der Waals surface area contributed by atoms with Crippen molar-refractivity contribution >= 4 is 10.0 Å². The summed E-state index contributed by atoms with van der Waals surface area (Å²) in [7, 11) is -4.20. The Morgan fingerprint density at radius 1 is 1.35 bits per heavy atom. The van der Waals surface area contributed by atoms with Gasteiger partial charge < -0.3 is 0 Å². The van der Waals surface area contributed by atoms with Gasteiger partial charge in [0.1, 0.15) is 10.3 Å². The zero-order valence-electron chi connectivity index (χ0n) is 8.53. The minimum Gasteiger partial charge on any atom is -0.259 e. The van der Waals surface area contributed by atoms with Gasteiger partial charge in [-0.2, -0.15) is 13.2 Å². The Morgan fingerprint density at radius 3 is 2.35 bits per heavy atom. The molecule has 0 atom stereocenters. The Bertz CT molecular complexity index is 550. The molecule has 0 spiro atoms. The fourth-order valence-corrected chi connectivity index (χ4v) is 2.54. The number of aromatic nitrogens is 1. The molecule has 0 unspecified atom stereocenters. The number of pyridine rings is 1. The van der Waals surface area contributed by atoms with Gasteiger partial charge in [-0.1, -0.05) is 0 Å². The van der Waals surface area contributed by atoms with Crippen LogP contribution in [0.3, 0.4) is 0 Å². The zero-order valence-corrected chi connectivity index (χ0v) is 9.35. The molecule has 0 saturated heterocycles. The van der Waals surface area contributed by atoms with Gasteiger partial charge >= 0.3 is 6.18 Å². The molecule has 1 heterocycles. The van der Waals surface area contributed by atoms with Crippen molar-refractivity contribution in [1.29, 1.82) is 0 Å². The van der Waals surface area contributed by atoms with Crippen molar-refractivity contribution in [2.45, 2.75) is 29.3 Å². The first-order valence-corrected chi connectivity index (χ1v) is 6.28. The van der Waals surface area contributed by atoms with Crippen LogP contribution in [-0.2, 0) is 15.4 Å². The summed E-state index contributed by atoms with van der Waals surface area (Å²) in [6, 6.07) is 2.29. The van der Waals surface area contributed by atoms with Crippen LogP contribution < -0.4 is 5.14 Å². The first-order valence-electron chi connectivity index (χ1n) is 4.73. The van der Waals surface area contributed by atoms with Gasteiger partial charge in [0.05, 0.1) is 5.69 Å². The molecule has 1 aromatic rings. The van der Waals surface area contributed by atoms with E-state index in [1.165, 1.54) is 6.07 Å².